The quantitative estimate of drug-likeness (QED) is 0.612. The SMILES string of the molecule is CCCC[C@@H](CC)C(=O)[O][Sb]([c]1ccccc1)[c]1ccccc1. The molecule has 122 valence electrons. The third kappa shape index (κ3) is 5.39. The fourth-order valence-corrected chi connectivity index (χ4v) is 7.40. The Balaban J connectivity index is 2.20. The van der Waals surface area contributed by atoms with Crippen LogP contribution >= 0.6 is 0 Å². The summed E-state index contributed by atoms with van der Waals surface area (Å²) >= 11 is -2.48. The van der Waals surface area contributed by atoms with Crippen molar-refractivity contribution in [3.05, 3.63) is 60.7 Å². The number of carbonyl (C=O) groups excluding carboxylic acids is 1. The monoisotopic (exact) mass is 418 g/mol. The van der Waals surface area contributed by atoms with E-state index in [0.29, 0.717) is 0 Å². The van der Waals surface area contributed by atoms with Gasteiger partial charge in [0.2, 0.25) is 0 Å². The maximum atomic E-state index is 12.7. The topological polar surface area (TPSA) is 26.3 Å². The van der Waals surface area contributed by atoms with Crippen LogP contribution in [0.5, 0.6) is 0 Å². The zero-order valence-electron chi connectivity index (χ0n) is 13.9. The Bertz CT molecular complexity index is 544. The van der Waals surface area contributed by atoms with Crippen LogP contribution in [0, 0.1) is 5.92 Å². The number of carbonyl (C=O) groups is 1. The Hall–Kier alpha value is -1.27. The second kappa shape index (κ2) is 9.78. The van der Waals surface area contributed by atoms with Crippen molar-refractivity contribution in [2.45, 2.75) is 39.5 Å². The molecule has 0 spiro atoms. The van der Waals surface area contributed by atoms with Gasteiger partial charge in [-0.2, -0.15) is 0 Å². The first-order chi connectivity index (χ1) is 11.3. The van der Waals surface area contributed by atoms with E-state index in [4.69, 9.17) is 3.02 Å². The van der Waals surface area contributed by atoms with Gasteiger partial charge in [0.05, 0.1) is 0 Å². The van der Waals surface area contributed by atoms with E-state index in [-0.39, 0.29) is 11.9 Å². The first-order valence-electron chi connectivity index (χ1n) is 8.38. The van der Waals surface area contributed by atoms with E-state index in [1.807, 2.05) is 36.4 Å². The third-order valence-corrected chi connectivity index (χ3v) is 9.31. The Labute approximate surface area is 147 Å². The molecular formula is C20H25O2Sb. The standard InChI is InChI=1S/C8H16O2.2C6H5.Sb/c1-3-5-6-7(4-2)8(9)10;2*1-2-4-6-5-3-1;/h7H,3-6H2,1-2H3,(H,9,10);2*1-5H;/q;;;+1/p-1/t7-;;;/m1.../s1. The van der Waals surface area contributed by atoms with E-state index >= 15 is 0 Å². The summed E-state index contributed by atoms with van der Waals surface area (Å²) in [6.07, 6.45) is 3.99. The second-order valence-electron chi connectivity index (χ2n) is 5.62. The number of hydrogen-bond donors (Lipinski definition) is 0. The van der Waals surface area contributed by atoms with E-state index in [1.54, 1.807) is 0 Å². The van der Waals surface area contributed by atoms with E-state index in [9.17, 15) is 4.79 Å². The van der Waals surface area contributed by atoms with Gasteiger partial charge in [0, 0.05) is 0 Å². The number of benzene rings is 2. The van der Waals surface area contributed by atoms with Gasteiger partial charge in [-0.05, 0) is 0 Å². The van der Waals surface area contributed by atoms with Gasteiger partial charge in [-0.15, -0.1) is 0 Å². The molecule has 0 unspecified atom stereocenters. The number of unbranched alkanes of at least 4 members (excludes halogenated alkanes) is 1. The number of rotatable bonds is 8. The van der Waals surface area contributed by atoms with Crippen LogP contribution in [0.2, 0.25) is 0 Å². The molecule has 3 heteroatoms. The zero-order chi connectivity index (χ0) is 16.5. The molecule has 0 N–H and O–H groups in total. The summed E-state index contributed by atoms with van der Waals surface area (Å²) in [5.41, 5.74) is 0. The van der Waals surface area contributed by atoms with Crippen molar-refractivity contribution in [1.29, 1.82) is 0 Å². The maximum absolute atomic E-state index is 12.7. The van der Waals surface area contributed by atoms with Gasteiger partial charge in [-0.25, -0.2) is 0 Å². The Morgan fingerprint density at radius 2 is 1.48 bits per heavy atom. The normalized spacial score (nSPS) is 12.1. The van der Waals surface area contributed by atoms with E-state index in [0.717, 1.165) is 25.7 Å². The predicted molar refractivity (Wildman–Crippen MR) is 97.3 cm³/mol. The fourth-order valence-electron chi connectivity index (χ4n) is 2.48. The second-order valence-corrected chi connectivity index (χ2v) is 10.8. The molecule has 0 aliphatic heterocycles. The molecule has 2 aromatic rings. The number of hydrogen-bond acceptors (Lipinski definition) is 2. The van der Waals surface area contributed by atoms with Crippen LogP contribution in [0.4, 0.5) is 0 Å². The Morgan fingerprint density at radius 1 is 0.957 bits per heavy atom. The molecule has 0 fully saturated rings. The third-order valence-electron chi connectivity index (χ3n) is 3.89. The minimum atomic E-state index is -2.48. The average Bonchev–Trinajstić information content (AvgIpc) is 2.62. The molecule has 1 atom stereocenters. The van der Waals surface area contributed by atoms with Crippen molar-refractivity contribution in [1.82, 2.24) is 0 Å². The summed E-state index contributed by atoms with van der Waals surface area (Å²) in [7, 11) is 0. The fraction of sp³-hybridized carbons (Fsp3) is 0.350. The van der Waals surface area contributed by atoms with Gasteiger partial charge in [-0.1, -0.05) is 0 Å². The van der Waals surface area contributed by atoms with Crippen LogP contribution in [0.3, 0.4) is 0 Å². The molecule has 2 rings (SSSR count). The average molecular weight is 419 g/mol. The molecule has 23 heavy (non-hydrogen) atoms. The van der Waals surface area contributed by atoms with Gasteiger partial charge in [0.15, 0.2) is 0 Å². The zero-order valence-corrected chi connectivity index (χ0v) is 16.5. The van der Waals surface area contributed by atoms with Crippen LogP contribution in [-0.4, -0.2) is 26.6 Å². The molecule has 0 heterocycles. The van der Waals surface area contributed by atoms with Crippen molar-refractivity contribution >= 4 is 33.6 Å². The molecule has 0 aliphatic carbocycles. The molecular weight excluding hydrogens is 394 g/mol. The van der Waals surface area contributed by atoms with Crippen molar-refractivity contribution in [3.63, 3.8) is 0 Å². The van der Waals surface area contributed by atoms with Gasteiger partial charge in [-0.3, -0.25) is 0 Å². The Morgan fingerprint density at radius 3 is 1.91 bits per heavy atom. The van der Waals surface area contributed by atoms with Gasteiger partial charge < -0.3 is 0 Å². The van der Waals surface area contributed by atoms with Crippen LogP contribution in [0.1, 0.15) is 39.5 Å². The summed E-state index contributed by atoms with van der Waals surface area (Å²) < 4.78 is 8.51. The van der Waals surface area contributed by atoms with Crippen molar-refractivity contribution in [2.24, 2.45) is 5.92 Å². The minimum absolute atomic E-state index is 0.00310. The van der Waals surface area contributed by atoms with Crippen LogP contribution < -0.4 is 7.02 Å². The van der Waals surface area contributed by atoms with Crippen molar-refractivity contribution in [2.75, 3.05) is 0 Å². The molecule has 0 saturated carbocycles. The van der Waals surface area contributed by atoms with Gasteiger partial charge in [0.1, 0.15) is 0 Å². The summed E-state index contributed by atoms with van der Waals surface area (Å²) in [4.78, 5) is 12.7. The molecule has 0 bridgehead atoms. The first kappa shape index (κ1) is 18.1. The molecule has 0 aliphatic rings. The van der Waals surface area contributed by atoms with Crippen LogP contribution in [0.15, 0.2) is 60.7 Å². The van der Waals surface area contributed by atoms with E-state index in [1.165, 1.54) is 7.02 Å². The van der Waals surface area contributed by atoms with Crippen molar-refractivity contribution in [3.8, 4) is 0 Å². The van der Waals surface area contributed by atoms with Gasteiger partial charge >= 0.3 is 148 Å². The van der Waals surface area contributed by atoms with E-state index < -0.39 is 20.6 Å². The molecule has 0 saturated heterocycles. The van der Waals surface area contributed by atoms with Crippen molar-refractivity contribution < 1.29 is 7.81 Å². The summed E-state index contributed by atoms with van der Waals surface area (Å²) in [5, 5.41) is 0. The van der Waals surface area contributed by atoms with Gasteiger partial charge in [0.25, 0.3) is 0 Å². The van der Waals surface area contributed by atoms with Crippen LogP contribution in [0.25, 0.3) is 0 Å². The predicted octanol–water partition coefficient (Wildman–Crippen LogP) is 3.55. The summed E-state index contributed by atoms with van der Waals surface area (Å²) in [6, 6.07) is 20.5. The first-order valence-corrected chi connectivity index (χ1v) is 12.0. The van der Waals surface area contributed by atoms with Crippen LogP contribution in [-0.2, 0) is 7.81 Å². The molecule has 2 aromatic carbocycles. The summed E-state index contributed by atoms with van der Waals surface area (Å²) in [5.74, 6) is 0.0334. The Kier molecular flexibility index (Phi) is 7.68. The molecule has 2 nitrogen and oxygen atoms in total. The summed E-state index contributed by atoms with van der Waals surface area (Å²) in [6.45, 7) is 4.24. The molecule has 0 radical (unpaired) electrons. The van der Waals surface area contributed by atoms with E-state index in [2.05, 4.69) is 38.1 Å². The molecule has 0 amide bonds. The molecule has 0 aromatic heterocycles.